The van der Waals surface area contributed by atoms with Crippen LogP contribution < -0.4 is 0 Å². The molecule has 3 nitrogen and oxygen atoms in total. The minimum Gasteiger partial charge on any atom is -0.460 e. The van der Waals surface area contributed by atoms with Gasteiger partial charge in [-0.05, 0) is 33.6 Å². The smallest absolute Gasteiger partial charge is 0.307 e. The van der Waals surface area contributed by atoms with E-state index in [0.29, 0.717) is 6.42 Å². The molecule has 3 heteroatoms. The highest BCUT2D eigenvalue weighted by Gasteiger charge is 2.27. The van der Waals surface area contributed by atoms with E-state index in [1.807, 2.05) is 20.8 Å². The molecule has 0 aliphatic heterocycles. The number of hydrogen-bond donors (Lipinski definition) is 0. The van der Waals surface area contributed by atoms with Crippen LogP contribution in [0.4, 0.5) is 0 Å². The van der Waals surface area contributed by atoms with Crippen molar-refractivity contribution in [2.24, 2.45) is 5.92 Å². The number of esters is 1. The Morgan fingerprint density at radius 1 is 1.40 bits per heavy atom. The predicted octanol–water partition coefficient (Wildman–Crippen LogP) is 2.48. The summed E-state index contributed by atoms with van der Waals surface area (Å²) in [4.78, 5) is 23.0. The maximum atomic E-state index is 11.5. The summed E-state index contributed by atoms with van der Waals surface area (Å²) in [5.74, 6) is -0.108. The number of rotatable bonds is 2. The Balaban J connectivity index is 2.40. The van der Waals surface area contributed by atoms with Crippen LogP contribution in [-0.4, -0.2) is 17.4 Å². The highest BCUT2D eigenvalue weighted by Crippen LogP contribution is 2.24. The lowest BCUT2D eigenvalue weighted by atomic mass is 9.86. The molecule has 1 rings (SSSR count). The molecule has 0 spiro atoms. The zero-order valence-electron chi connectivity index (χ0n) is 9.84. The van der Waals surface area contributed by atoms with Crippen molar-refractivity contribution in [2.75, 3.05) is 0 Å². The fourth-order valence-electron chi connectivity index (χ4n) is 1.86. The van der Waals surface area contributed by atoms with Crippen LogP contribution in [0.15, 0.2) is 0 Å². The van der Waals surface area contributed by atoms with Gasteiger partial charge in [-0.25, -0.2) is 0 Å². The van der Waals surface area contributed by atoms with Gasteiger partial charge in [0.2, 0.25) is 0 Å². The Hall–Kier alpha value is -0.860. The summed E-state index contributed by atoms with van der Waals surface area (Å²) in [5.41, 5.74) is -0.450. The lowest BCUT2D eigenvalue weighted by molar-refractivity contribution is -0.157. The number of carbonyl (C=O) groups is 2. The van der Waals surface area contributed by atoms with E-state index in [-0.39, 0.29) is 24.1 Å². The van der Waals surface area contributed by atoms with E-state index in [1.165, 1.54) is 0 Å². The number of ketones is 1. The first-order valence-corrected chi connectivity index (χ1v) is 5.63. The van der Waals surface area contributed by atoms with Gasteiger partial charge >= 0.3 is 5.97 Å². The maximum absolute atomic E-state index is 11.5. The Morgan fingerprint density at radius 3 is 2.60 bits per heavy atom. The number of carbonyl (C=O) groups excluding carboxylic acids is 2. The second-order valence-corrected chi connectivity index (χ2v) is 5.20. The molecule has 0 aromatic rings. The van der Waals surface area contributed by atoms with Crippen molar-refractivity contribution in [3.05, 3.63) is 0 Å². The zero-order chi connectivity index (χ0) is 11.5. The van der Waals surface area contributed by atoms with Crippen LogP contribution >= 0.6 is 0 Å². The minimum atomic E-state index is -0.450. The van der Waals surface area contributed by atoms with Crippen LogP contribution in [0.2, 0.25) is 0 Å². The van der Waals surface area contributed by atoms with E-state index in [1.54, 1.807) is 0 Å². The normalized spacial score (nSPS) is 22.6. The summed E-state index contributed by atoms with van der Waals surface area (Å²) < 4.78 is 5.20. The summed E-state index contributed by atoms with van der Waals surface area (Å²) in [5, 5.41) is 0. The Morgan fingerprint density at radius 2 is 2.07 bits per heavy atom. The van der Waals surface area contributed by atoms with E-state index in [9.17, 15) is 9.59 Å². The van der Waals surface area contributed by atoms with Gasteiger partial charge in [0.15, 0.2) is 0 Å². The molecule has 1 saturated carbocycles. The fourth-order valence-corrected chi connectivity index (χ4v) is 1.86. The number of ether oxygens (including phenoxy) is 1. The van der Waals surface area contributed by atoms with E-state index in [2.05, 4.69) is 0 Å². The summed E-state index contributed by atoms with van der Waals surface area (Å²) in [7, 11) is 0. The largest absolute Gasteiger partial charge is 0.460 e. The first-order chi connectivity index (χ1) is 6.88. The molecule has 0 heterocycles. The van der Waals surface area contributed by atoms with E-state index >= 15 is 0 Å². The second-order valence-electron chi connectivity index (χ2n) is 5.20. The van der Waals surface area contributed by atoms with Gasteiger partial charge in [0.25, 0.3) is 0 Å². The van der Waals surface area contributed by atoms with Crippen LogP contribution in [0, 0.1) is 5.92 Å². The van der Waals surface area contributed by atoms with E-state index < -0.39 is 5.60 Å². The molecule has 0 amide bonds. The molecule has 0 aromatic carbocycles. The van der Waals surface area contributed by atoms with Crippen LogP contribution in [0.5, 0.6) is 0 Å². The van der Waals surface area contributed by atoms with Crippen molar-refractivity contribution in [3.8, 4) is 0 Å². The Bertz CT molecular complexity index is 250. The number of hydrogen-bond acceptors (Lipinski definition) is 3. The Kier molecular flexibility index (Phi) is 3.89. The highest BCUT2D eigenvalue weighted by atomic mass is 16.6. The van der Waals surface area contributed by atoms with Crippen LogP contribution in [-0.2, 0) is 14.3 Å². The van der Waals surface area contributed by atoms with Gasteiger partial charge < -0.3 is 4.74 Å². The standard InChI is InChI=1S/C12H20O3/c1-12(2,3)15-11(14)8-9-6-4-5-7-10(9)13/h9H,4-8H2,1-3H3/t9-/m1/s1. The molecule has 0 N–H and O–H groups in total. The molecule has 1 atom stereocenters. The third-order valence-corrected chi connectivity index (χ3v) is 2.51. The highest BCUT2D eigenvalue weighted by molar-refractivity contribution is 5.85. The van der Waals surface area contributed by atoms with Crippen molar-refractivity contribution in [2.45, 2.75) is 58.5 Å². The first-order valence-electron chi connectivity index (χ1n) is 5.63. The SMILES string of the molecule is CC(C)(C)OC(=O)C[C@H]1CCCCC1=O. The number of Topliss-reactive ketones (excluding diaryl/α,β-unsaturated/α-hetero) is 1. The zero-order valence-corrected chi connectivity index (χ0v) is 9.84. The van der Waals surface area contributed by atoms with Crippen LogP contribution in [0.1, 0.15) is 52.9 Å². The van der Waals surface area contributed by atoms with Gasteiger partial charge in [0.05, 0.1) is 6.42 Å². The molecule has 0 saturated heterocycles. The van der Waals surface area contributed by atoms with Crippen molar-refractivity contribution >= 4 is 11.8 Å². The third kappa shape index (κ3) is 4.45. The molecule has 1 aliphatic rings. The molecule has 0 aromatic heterocycles. The van der Waals surface area contributed by atoms with Crippen LogP contribution in [0.25, 0.3) is 0 Å². The molecule has 1 aliphatic carbocycles. The maximum Gasteiger partial charge on any atom is 0.307 e. The van der Waals surface area contributed by atoms with Gasteiger partial charge in [0.1, 0.15) is 11.4 Å². The predicted molar refractivity (Wildman–Crippen MR) is 57.4 cm³/mol. The fraction of sp³-hybridized carbons (Fsp3) is 0.833. The monoisotopic (exact) mass is 212 g/mol. The van der Waals surface area contributed by atoms with Gasteiger partial charge in [-0.3, -0.25) is 9.59 Å². The van der Waals surface area contributed by atoms with E-state index in [0.717, 1.165) is 19.3 Å². The molecule has 0 unspecified atom stereocenters. The van der Waals surface area contributed by atoms with Crippen molar-refractivity contribution in [1.82, 2.24) is 0 Å². The van der Waals surface area contributed by atoms with E-state index in [4.69, 9.17) is 4.74 Å². The third-order valence-electron chi connectivity index (χ3n) is 2.51. The second kappa shape index (κ2) is 4.77. The van der Waals surface area contributed by atoms with Crippen molar-refractivity contribution < 1.29 is 14.3 Å². The molecule has 86 valence electrons. The first kappa shape index (κ1) is 12.2. The molecular formula is C12H20O3. The minimum absolute atomic E-state index is 0.0893. The summed E-state index contributed by atoms with van der Waals surface area (Å²) in [6.07, 6.45) is 3.77. The average molecular weight is 212 g/mol. The summed E-state index contributed by atoms with van der Waals surface area (Å²) in [6, 6.07) is 0. The average Bonchev–Trinajstić information content (AvgIpc) is 2.05. The van der Waals surface area contributed by atoms with Gasteiger partial charge in [0, 0.05) is 12.3 Å². The summed E-state index contributed by atoms with van der Waals surface area (Å²) in [6.45, 7) is 5.52. The molecule has 1 fully saturated rings. The molecule has 0 bridgehead atoms. The molecule has 0 radical (unpaired) electrons. The topological polar surface area (TPSA) is 43.4 Å². The molecular weight excluding hydrogens is 192 g/mol. The lowest BCUT2D eigenvalue weighted by Crippen LogP contribution is -2.28. The molecule has 15 heavy (non-hydrogen) atoms. The van der Waals surface area contributed by atoms with Crippen molar-refractivity contribution in [1.29, 1.82) is 0 Å². The van der Waals surface area contributed by atoms with Gasteiger partial charge in [-0.15, -0.1) is 0 Å². The van der Waals surface area contributed by atoms with Gasteiger partial charge in [-0.2, -0.15) is 0 Å². The quantitative estimate of drug-likeness (QED) is 0.660. The lowest BCUT2D eigenvalue weighted by Gasteiger charge is -2.23. The van der Waals surface area contributed by atoms with Crippen LogP contribution in [0.3, 0.4) is 0 Å². The summed E-state index contributed by atoms with van der Waals surface area (Å²) >= 11 is 0. The van der Waals surface area contributed by atoms with Crippen molar-refractivity contribution in [3.63, 3.8) is 0 Å². The Labute approximate surface area is 91.2 Å². The van der Waals surface area contributed by atoms with Gasteiger partial charge in [-0.1, -0.05) is 6.42 Å².